The lowest BCUT2D eigenvalue weighted by molar-refractivity contribution is -0.134. The molecule has 1 aliphatic heterocycles. The van der Waals surface area contributed by atoms with Crippen LogP contribution in [0.5, 0.6) is 11.5 Å². The number of Topliss-reactive ketones (excluding diaryl/α,β-unsaturated/α-hetero) is 1. The summed E-state index contributed by atoms with van der Waals surface area (Å²) in [5, 5.41) is -0.943. The molecule has 0 saturated heterocycles. The van der Waals surface area contributed by atoms with E-state index in [1.807, 2.05) is 60.7 Å². The van der Waals surface area contributed by atoms with Crippen LogP contribution < -0.4 is 9.47 Å². The van der Waals surface area contributed by atoms with Gasteiger partial charge in [0, 0.05) is 6.07 Å². The normalized spacial score (nSPS) is 14.3. The summed E-state index contributed by atoms with van der Waals surface area (Å²) < 4.78 is 11.4. The van der Waals surface area contributed by atoms with Crippen molar-refractivity contribution in [1.82, 2.24) is 0 Å². The average molecular weight is 481 g/mol. The summed E-state index contributed by atoms with van der Waals surface area (Å²) in [5.41, 5.74) is 4.82. The van der Waals surface area contributed by atoms with E-state index in [9.17, 15) is 9.59 Å². The van der Waals surface area contributed by atoms with Crippen LogP contribution in [0.4, 0.5) is 0 Å². The highest BCUT2D eigenvalue weighted by Gasteiger charge is 2.31. The van der Waals surface area contributed by atoms with E-state index in [1.165, 1.54) is 0 Å². The average Bonchev–Trinajstić information content (AvgIpc) is 3.20. The second-order valence-corrected chi connectivity index (χ2v) is 8.67. The van der Waals surface area contributed by atoms with E-state index < -0.39 is 11.3 Å². The number of carbonyl (C=O) groups is 2. The van der Waals surface area contributed by atoms with Gasteiger partial charge in [-0.05, 0) is 46.9 Å². The molecule has 0 aromatic heterocycles. The number of ketones is 1. The number of halogens is 1. The van der Waals surface area contributed by atoms with E-state index in [2.05, 4.69) is 0 Å². The van der Waals surface area contributed by atoms with Gasteiger partial charge in [0.25, 0.3) is 0 Å². The number of aryl methyl sites for hydroxylation is 1. The third kappa shape index (κ3) is 4.75. The first kappa shape index (κ1) is 22.6. The Kier molecular flexibility index (Phi) is 6.21. The lowest BCUT2D eigenvalue weighted by Gasteiger charge is -2.11. The third-order valence-corrected chi connectivity index (χ3v) is 6.21. The Labute approximate surface area is 208 Å². The maximum atomic E-state index is 13.0. The Bertz CT molecular complexity index is 1420. The standard InChI is InChI=1S/C30H21ClO4/c1-19-16-24(34-30(33)28(31)23-10-6-3-7-11-23)18-25-27(19)29(32)26(35-25)17-20-12-14-22(15-13-20)21-8-4-2-5-9-21/h2-18,28H,1H3/b26-17-. The van der Waals surface area contributed by atoms with Crippen LogP contribution in [0.3, 0.4) is 0 Å². The molecule has 4 aromatic carbocycles. The van der Waals surface area contributed by atoms with E-state index >= 15 is 0 Å². The van der Waals surface area contributed by atoms with Gasteiger partial charge in [-0.1, -0.05) is 84.9 Å². The molecular weight excluding hydrogens is 460 g/mol. The number of hydrogen-bond donors (Lipinski definition) is 0. The molecule has 1 aliphatic rings. The van der Waals surface area contributed by atoms with Crippen molar-refractivity contribution in [3.05, 3.63) is 125 Å². The molecule has 0 fully saturated rings. The van der Waals surface area contributed by atoms with Crippen molar-refractivity contribution in [1.29, 1.82) is 0 Å². The molecule has 5 heteroatoms. The van der Waals surface area contributed by atoms with Crippen LogP contribution in [0.25, 0.3) is 17.2 Å². The van der Waals surface area contributed by atoms with E-state index in [0.29, 0.717) is 22.4 Å². The highest BCUT2D eigenvalue weighted by Crippen LogP contribution is 2.38. The molecule has 172 valence electrons. The number of alkyl halides is 1. The van der Waals surface area contributed by atoms with Gasteiger partial charge in [-0.25, -0.2) is 4.79 Å². The fourth-order valence-corrected chi connectivity index (χ4v) is 4.21. The molecule has 0 radical (unpaired) electrons. The zero-order valence-corrected chi connectivity index (χ0v) is 19.7. The quantitative estimate of drug-likeness (QED) is 0.131. The van der Waals surface area contributed by atoms with E-state index in [0.717, 1.165) is 16.7 Å². The summed E-state index contributed by atoms with van der Waals surface area (Å²) in [4.78, 5) is 25.6. The summed E-state index contributed by atoms with van der Waals surface area (Å²) in [6, 6.07) is 30.1. The summed E-state index contributed by atoms with van der Waals surface area (Å²) in [5.74, 6) is 0.0428. The fraction of sp³-hybridized carbons (Fsp3) is 0.0667. The van der Waals surface area contributed by atoms with Crippen molar-refractivity contribution in [3.8, 4) is 22.6 Å². The second kappa shape index (κ2) is 9.61. The van der Waals surface area contributed by atoms with Gasteiger partial charge in [0.1, 0.15) is 11.5 Å². The molecular formula is C30H21ClO4. The summed E-state index contributed by atoms with van der Waals surface area (Å²) >= 11 is 6.28. The summed E-state index contributed by atoms with van der Waals surface area (Å²) in [6.45, 7) is 1.78. The zero-order valence-electron chi connectivity index (χ0n) is 18.9. The highest BCUT2D eigenvalue weighted by atomic mass is 35.5. The minimum absolute atomic E-state index is 0.206. The molecule has 0 amide bonds. The molecule has 4 nitrogen and oxygen atoms in total. The van der Waals surface area contributed by atoms with Gasteiger partial charge in [-0.3, -0.25) is 4.79 Å². The highest BCUT2D eigenvalue weighted by molar-refractivity contribution is 6.30. The Morgan fingerprint density at radius 2 is 1.51 bits per heavy atom. The van der Waals surface area contributed by atoms with Crippen molar-refractivity contribution in [2.24, 2.45) is 0 Å². The second-order valence-electron chi connectivity index (χ2n) is 8.24. The van der Waals surface area contributed by atoms with Crippen molar-refractivity contribution in [2.75, 3.05) is 0 Å². The molecule has 1 heterocycles. The molecule has 1 unspecified atom stereocenters. The van der Waals surface area contributed by atoms with E-state index in [4.69, 9.17) is 21.1 Å². The molecule has 0 saturated carbocycles. The minimum Gasteiger partial charge on any atom is -0.452 e. The number of fused-ring (bicyclic) bond motifs is 1. The van der Waals surface area contributed by atoms with Crippen LogP contribution in [0.15, 0.2) is 103 Å². The van der Waals surface area contributed by atoms with Crippen LogP contribution in [0, 0.1) is 6.92 Å². The molecule has 0 spiro atoms. The molecule has 5 rings (SSSR count). The maximum absolute atomic E-state index is 13.0. The predicted octanol–water partition coefficient (Wildman–Crippen LogP) is 7.16. The first-order valence-corrected chi connectivity index (χ1v) is 11.6. The number of hydrogen-bond acceptors (Lipinski definition) is 4. The van der Waals surface area contributed by atoms with Gasteiger partial charge in [0.2, 0.25) is 5.78 Å². The van der Waals surface area contributed by atoms with Gasteiger partial charge in [-0.2, -0.15) is 0 Å². The summed E-state index contributed by atoms with van der Waals surface area (Å²) in [6.07, 6.45) is 1.71. The number of esters is 1. The van der Waals surface area contributed by atoms with Crippen LogP contribution in [-0.4, -0.2) is 11.8 Å². The Morgan fingerprint density at radius 1 is 0.886 bits per heavy atom. The number of carbonyl (C=O) groups excluding carboxylic acids is 2. The number of benzene rings is 4. The van der Waals surface area contributed by atoms with Crippen LogP contribution in [0.2, 0.25) is 0 Å². The van der Waals surface area contributed by atoms with Crippen LogP contribution in [-0.2, 0) is 4.79 Å². The maximum Gasteiger partial charge on any atom is 0.334 e. The topological polar surface area (TPSA) is 52.6 Å². The van der Waals surface area contributed by atoms with Gasteiger partial charge < -0.3 is 9.47 Å². The van der Waals surface area contributed by atoms with E-state index in [-0.39, 0.29) is 17.3 Å². The summed E-state index contributed by atoms with van der Waals surface area (Å²) in [7, 11) is 0. The monoisotopic (exact) mass is 480 g/mol. The Hall–Kier alpha value is -4.15. The van der Waals surface area contributed by atoms with Crippen LogP contribution in [0.1, 0.15) is 32.4 Å². The van der Waals surface area contributed by atoms with Crippen molar-refractivity contribution in [2.45, 2.75) is 12.3 Å². The Morgan fingerprint density at radius 3 is 2.20 bits per heavy atom. The van der Waals surface area contributed by atoms with Gasteiger partial charge in [0.05, 0.1) is 5.56 Å². The van der Waals surface area contributed by atoms with Gasteiger partial charge in [-0.15, -0.1) is 11.6 Å². The first-order valence-electron chi connectivity index (χ1n) is 11.1. The van der Waals surface area contributed by atoms with Gasteiger partial charge >= 0.3 is 5.97 Å². The third-order valence-electron chi connectivity index (χ3n) is 5.78. The molecule has 35 heavy (non-hydrogen) atoms. The number of rotatable bonds is 5. The number of allylic oxidation sites excluding steroid dienone is 1. The minimum atomic E-state index is -0.943. The molecule has 0 aliphatic carbocycles. The molecule has 1 atom stereocenters. The molecule has 0 N–H and O–H groups in total. The largest absolute Gasteiger partial charge is 0.452 e. The van der Waals surface area contributed by atoms with Crippen molar-refractivity contribution in [3.63, 3.8) is 0 Å². The predicted molar refractivity (Wildman–Crippen MR) is 137 cm³/mol. The zero-order chi connectivity index (χ0) is 24.4. The van der Waals surface area contributed by atoms with Crippen molar-refractivity contribution < 1.29 is 19.1 Å². The van der Waals surface area contributed by atoms with Gasteiger partial charge in [0.15, 0.2) is 11.1 Å². The lowest BCUT2D eigenvalue weighted by Crippen LogP contribution is -2.14. The number of ether oxygens (including phenoxy) is 2. The lowest BCUT2D eigenvalue weighted by atomic mass is 10.0. The fourth-order valence-electron chi connectivity index (χ4n) is 4.02. The molecule has 0 bridgehead atoms. The van der Waals surface area contributed by atoms with Crippen LogP contribution >= 0.6 is 11.6 Å². The van der Waals surface area contributed by atoms with Crippen molar-refractivity contribution >= 4 is 29.4 Å². The first-order chi connectivity index (χ1) is 17.0. The Balaban J connectivity index is 1.35. The SMILES string of the molecule is Cc1cc(OC(=O)C(Cl)c2ccccc2)cc2c1C(=O)/C(=C/c1ccc(-c3ccccc3)cc1)O2. The smallest absolute Gasteiger partial charge is 0.334 e. The molecule has 4 aromatic rings. The van der Waals surface area contributed by atoms with E-state index in [1.54, 1.807) is 49.4 Å².